The molecule has 106 valence electrons. The van der Waals surface area contributed by atoms with Crippen LogP contribution in [-0.2, 0) is 11.3 Å². The summed E-state index contributed by atoms with van der Waals surface area (Å²) in [5.74, 6) is -0.992. The van der Waals surface area contributed by atoms with Gasteiger partial charge in [-0.3, -0.25) is 4.79 Å². The molecule has 0 aliphatic carbocycles. The van der Waals surface area contributed by atoms with E-state index < -0.39 is 17.6 Å². The Hall–Kier alpha value is -1.83. The normalized spacial score (nSPS) is 14.6. The van der Waals surface area contributed by atoms with Crippen LogP contribution in [0.15, 0.2) is 18.3 Å². The minimum atomic E-state index is -4.81. The number of ether oxygens (including phenoxy) is 1. The highest BCUT2D eigenvalue weighted by Gasteiger charge is 2.53. The number of nitrogens with zero attached hydrogens (tertiary/aromatic N) is 1. The van der Waals surface area contributed by atoms with Crippen LogP contribution in [0.5, 0.6) is 5.88 Å². The maximum absolute atomic E-state index is 12.5. The Morgan fingerprint density at radius 1 is 1.53 bits per heavy atom. The van der Waals surface area contributed by atoms with Gasteiger partial charge in [0.2, 0.25) is 11.8 Å². The fourth-order valence-corrected chi connectivity index (χ4v) is 1.17. The van der Waals surface area contributed by atoms with E-state index >= 15 is 0 Å². The average molecular weight is 277 g/mol. The summed E-state index contributed by atoms with van der Waals surface area (Å²) in [5, 5.41) is 2.13. The zero-order chi connectivity index (χ0) is 14.7. The molecule has 1 heterocycles. The van der Waals surface area contributed by atoms with E-state index in [1.54, 1.807) is 6.07 Å². The Balaban J connectivity index is 2.69. The number of halogens is 3. The van der Waals surface area contributed by atoms with Gasteiger partial charge in [0.25, 0.3) is 0 Å². The van der Waals surface area contributed by atoms with Crippen molar-refractivity contribution in [3.63, 3.8) is 0 Å². The van der Waals surface area contributed by atoms with E-state index in [9.17, 15) is 18.0 Å². The van der Waals surface area contributed by atoms with Gasteiger partial charge in [0.15, 0.2) is 5.54 Å². The minimum Gasteiger partial charge on any atom is -0.481 e. The van der Waals surface area contributed by atoms with Crippen LogP contribution in [0.2, 0.25) is 0 Å². The van der Waals surface area contributed by atoms with Crippen molar-refractivity contribution in [1.29, 1.82) is 0 Å². The molecule has 0 radical (unpaired) electrons. The number of pyridine rings is 1. The first kappa shape index (κ1) is 15.2. The molecule has 1 aromatic rings. The van der Waals surface area contributed by atoms with Gasteiger partial charge in [-0.1, -0.05) is 0 Å². The molecule has 0 aromatic carbocycles. The average Bonchev–Trinajstić information content (AvgIpc) is 2.34. The number of hydrogen-bond donors (Lipinski definition) is 2. The molecule has 1 aromatic heterocycles. The van der Waals surface area contributed by atoms with Crippen molar-refractivity contribution in [3.05, 3.63) is 23.9 Å². The predicted octanol–water partition coefficient (Wildman–Crippen LogP) is 0.986. The summed E-state index contributed by atoms with van der Waals surface area (Å²) in [4.78, 5) is 15.3. The molecule has 0 fully saturated rings. The Bertz CT molecular complexity index is 461. The van der Waals surface area contributed by atoms with Crippen LogP contribution < -0.4 is 15.8 Å². The predicted molar refractivity (Wildman–Crippen MR) is 61.3 cm³/mol. The van der Waals surface area contributed by atoms with Crippen molar-refractivity contribution in [2.24, 2.45) is 5.73 Å². The number of methoxy groups -OCH3 is 1. The number of amides is 1. The van der Waals surface area contributed by atoms with Crippen LogP contribution in [0.25, 0.3) is 0 Å². The monoisotopic (exact) mass is 277 g/mol. The number of aromatic nitrogens is 1. The number of nitrogens with two attached hydrogens (primary N) is 1. The van der Waals surface area contributed by atoms with Crippen molar-refractivity contribution < 1.29 is 22.7 Å². The molecule has 0 aliphatic heterocycles. The van der Waals surface area contributed by atoms with Gasteiger partial charge in [0, 0.05) is 18.8 Å². The Morgan fingerprint density at radius 3 is 2.68 bits per heavy atom. The van der Waals surface area contributed by atoms with Crippen molar-refractivity contribution in [2.75, 3.05) is 7.11 Å². The highest BCUT2D eigenvalue weighted by Crippen LogP contribution is 2.28. The quantitative estimate of drug-likeness (QED) is 0.860. The van der Waals surface area contributed by atoms with Crippen LogP contribution in [-0.4, -0.2) is 29.7 Å². The molecule has 0 aliphatic rings. The molecule has 1 rings (SSSR count). The molecule has 5 nitrogen and oxygen atoms in total. The third-order valence-electron chi connectivity index (χ3n) is 2.52. The number of rotatable bonds is 4. The zero-order valence-electron chi connectivity index (χ0n) is 10.4. The van der Waals surface area contributed by atoms with Crippen LogP contribution >= 0.6 is 0 Å². The Kier molecular flexibility index (Phi) is 4.35. The second-order valence-electron chi connectivity index (χ2n) is 4.09. The summed E-state index contributed by atoms with van der Waals surface area (Å²) in [6.07, 6.45) is -3.39. The largest absolute Gasteiger partial charge is 0.481 e. The Labute approximate surface area is 108 Å². The molecular weight excluding hydrogens is 263 g/mol. The summed E-state index contributed by atoms with van der Waals surface area (Å²) in [7, 11) is 1.41. The lowest BCUT2D eigenvalue weighted by molar-refractivity contribution is -0.187. The standard InChI is InChI=1S/C11H14F3N3O2/c1-10(15,11(12,13)14)9(18)17-6-7-3-4-16-8(5-7)19-2/h3-5H,6,15H2,1-2H3,(H,17,18). The van der Waals surface area contributed by atoms with Gasteiger partial charge in [0.05, 0.1) is 7.11 Å². The van der Waals surface area contributed by atoms with Crippen LogP contribution in [0.1, 0.15) is 12.5 Å². The van der Waals surface area contributed by atoms with Gasteiger partial charge in [-0.05, 0) is 18.6 Å². The molecule has 1 atom stereocenters. The number of nitrogens with one attached hydrogen (secondary N) is 1. The van der Waals surface area contributed by atoms with E-state index in [0.717, 1.165) is 0 Å². The summed E-state index contributed by atoms with van der Waals surface area (Å²) in [6.45, 7) is 0.524. The second-order valence-corrected chi connectivity index (χ2v) is 4.09. The van der Waals surface area contributed by atoms with E-state index in [0.29, 0.717) is 18.4 Å². The van der Waals surface area contributed by atoms with Gasteiger partial charge in [0.1, 0.15) is 0 Å². The van der Waals surface area contributed by atoms with Gasteiger partial charge in [-0.15, -0.1) is 0 Å². The molecule has 0 bridgehead atoms. The Morgan fingerprint density at radius 2 is 2.16 bits per heavy atom. The topological polar surface area (TPSA) is 77.2 Å². The number of hydrogen-bond acceptors (Lipinski definition) is 4. The minimum absolute atomic E-state index is 0.0966. The van der Waals surface area contributed by atoms with Crippen molar-refractivity contribution in [1.82, 2.24) is 10.3 Å². The molecule has 1 unspecified atom stereocenters. The van der Waals surface area contributed by atoms with Crippen molar-refractivity contribution in [3.8, 4) is 5.88 Å². The lowest BCUT2D eigenvalue weighted by Crippen LogP contribution is -2.61. The highest BCUT2D eigenvalue weighted by atomic mass is 19.4. The van der Waals surface area contributed by atoms with E-state index in [-0.39, 0.29) is 6.54 Å². The lowest BCUT2D eigenvalue weighted by Gasteiger charge is -2.26. The number of alkyl halides is 3. The summed E-state index contributed by atoms with van der Waals surface area (Å²) in [5.41, 5.74) is 2.61. The summed E-state index contributed by atoms with van der Waals surface area (Å²) in [6, 6.07) is 3.05. The molecule has 0 saturated carbocycles. The smallest absolute Gasteiger partial charge is 0.415 e. The molecule has 1 amide bonds. The third-order valence-corrected chi connectivity index (χ3v) is 2.52. The van der Waals surface area contributed by atoms with E-state index in [4.69, 9.17) is 10.5 Å². The fraction of sp³-hybridized carbons (Fsp3) is 0.455. The van der Waals surface area contributed by atoms with Crippen LogP contribution in [0, 0.1) is 0 Å². The van der Waals surface area contributed by atoms with E-state index in [1.807, 2.05) is 0 Å². The molecule has 0 saturated heterocycles. The second kappa shape index (κ2) is 5.43. The van der Waals surface area contributed by atoms with Gasteiger partial charge in [-0.2, -0.15) is 13.2 Å². The van der Waals surface area contributed by atoms with E-state index in [1.165, 1.54) is 19.4 Å². The maximum atomic E-state index is 12.5. The molecule has 3 N–H and O–H groups in total. The fourth-order valence-electron chi connectivity index (χ4n) is 1.17. The molecular formula is C11H14F3N3O2. The molecule has 8 heteroatoms. The molecule has 0 spiro atoms. The number of carbonyl (C=O) groups excluding carboxylic acids is 1. The summed E-state index contributed by atoms with van der Waals surface area (Å²) < 4.78 is 42.4. The van der Waals surface area contributed by atoms with Crippen LogP contribution in [0.4, 0.5) is 13.2 Å². The van der Waals surface area contributed by atoms with Gasteiger partial charge < -0.3 is 15.8 Å². The first-order valence-electron chi connectivity index (χ1n) is 5.31. The van der Waals surface area contributed by atoms with Gasteiger partial charge in [-0.25, -0.2) is 4.98 Å². The lowest BCUT2D eigenvalue weighted by atomic mass is 10.0. The maximum Gasteiger partial charge on any atom is 0.415 e. The summed E-state index contributed by atoms with van der Waals surface area (Å²) >= 11 is 0. The van der Waals surface area contributed by atoms with Crippen LogP contribution in [0.3, 0.4) is 0 Å². The van der Waals surface area contributed by atoms with Crippen molar-refractivity contribution >= 4 is 5.91 Å². The first-order valence-corrected chi connectivity index (χ1v) is 5.31. The third kappa shape index (κ3) is 3.57. The van der Waals surface area contributed by atoms with Gasteiger partial charge >= 0.3 is 6.18 Å². The zero-order valence-corrected chi connectivity index (χ0v) is 10.4. The first-order chi connectivity index (χ1) is 8.68. The number of carbonyl (C=O) groups is 1. The van der Waals surface area contributed by atoms with Crippen molar-refractivity contribution in [2.45, 2.75) is 25.2 Å². The highest BCUT2D eigenvalue weighted by molar-refractivity contribution is 5.86. The SMILES string of the molecule is COc1cc(CNC(=O)C(C)(N)C(F)(F)F)ccn1. The van der Waals surface area contributed by atoms with E-state index in [2.05, 4.69) is 10.3 Å². The molecule has 19 heavy (non-hydrogen) atoms.